The van der Waals surface area contributed by atoms with Crippen LogP contribution in [0.5, 0.6) is 5.75 Å². The van der Waals surface area contributed by atoms with Crippen LogP contribution in [0.4, 0.5) is 0 Å². The first-order valence-corrected chi connectivity index (χ1v) is 5.76. The normalized spacial score (nSPS) is 14.5. The summed E-state index contributed by atoms with van der Waals surface area (Å²) in [7, 11) is 0. The van der Waals surface area contributed by atoms with Gasteiger partial charge in [0.2, 0.25) is 0 Å². The van der Waals surface area contributed by atoms with Crippen LogP contribution in [0.25, 0.3) is 0 Å². The molecule has 0 aromatic heterocycles. The van der Waals surface area contributed by atoms with Gasteiger partial charge in [0, 0.05) is 5.56 Å². The molecule has 0 saturated carbocycles. The zero-order valence-corrected chi connectivity index (χ0v) is 9.89. The molecule has 0 heterocycles. The largest absolute Gasteiger partial charge is 0.491 e. The van der Waals surface area contributed by atoms with Crippen LogP contribution < -0.4 is 4.74 Å². The van der Waals surface area contributed by atoms with Crippen molar-refractivity contribution in [3.63, 3.8) is 0 Å². The summed E-state index contributed by atoms with van der Waals surface area (Å²) in [5, 5.41) is 19.2. The van der Waals surface area contributed by atoms with E-state index in [0.29, 0.717) is 18.6 Å². The van der Waals surface area contributed by atoms with Gasteiger partial charge in [-0.25, -0.2) is 0 Å². The smallest absolute Gasteiger partial charge is 0.125 e. The van der Waals surface area contributed by atoms with Crippen LogP contribution in [0, 0.1) is 0 Å². The molecule has 90 valence electrons. The summed E-state index contributed by atoms with van der Waals surface area (Å²) in [5.41, 5.74) is 0.785. The summed E-state index contributed by atoms with van der Waals surface area (Å²) in [5.74, 6) is 0.657. The standard InChI is InChI=1S/C13H20O3/c1-3-10(14)9-16-13-8-6-5-7-11(13)12(15)4-2/h5-8,10,12,14-15H,3-4,9H2,1-2H3. The minimum atomic E-state index is -0.505. The Morgan fingerprint density at radius 2 is 1.81 bits per heavy atom. The Hall–Kier alpha value is -1.06. The Morgan fingerprint density at radius 3 is 2.44 bits per heavy atom. The lowest BCUT2D eigenvalue weighted by Gasteiger charge is -2.16. The van der Waals surface area contributed by atoms with E-state index in [-0.39, 0.29) is 6.61 Å². The molecule has 2 atom stereocenters. The van der Waals surface area contributed by atoms with Crippen molar-refractivity contribution in [2.75, 3.05) is 6.61 Å². The van der Waals surface area contributed by atoms with Crippen LogP contribution in [0.15, 0.2) is 24.3 Å². The van der Waals surface area contributed by atoms with Gasteiger partial charge in [-0.15, -0.1) is 0 Å². The van der Waals surface area contributed by atoms with E-state index >= 15 is 0 Å². The molecule has 2 N–H and O–H groups in total. The van der Waals surface area contributed by atoms with Crippen molar-refractivity contribution in [3.8, 4) is 5.75 Å². The third kappa shape index (κ3) is 3.51. The molecule has 0 bridgehead atoms. The lowest BCUT2D eigenvalue weighted by molar-refractivity contribution is 0.0999. The highest BCUT2D eigenvalue weighted by molar-refractivity contribution is 5.35. The van der Waals surface area contributed by atoms with Gasteiger partial charge in [0.05, 0.1) is 12.2 Å². The minimum Gasteiger partial charge on any atom is -0.491 e. The topological polar surface area (TPSA) is 49.7 Å². The number of ether oxygens (including phenoxy) is 1. The molecule has 0 amide bonds. The zero-order valence-electron chi connectivity index (χ0n) is 9.89. The molecule has 0 saturated heterocycles. The molecule has 0 fully saturated rings. The maximum absolute atomic E-state index is 9.79. The quantitative estimate of drug-likeness (QED) is 0.779. The van der Waals surface area contributed by atoms with Crippen molar-refractivity contribution >= 4 is 0 Å². The lowest BCUT2D eigenvalue weighted by atomic mass is 10.1. The average molecular weight is 224 g/mol. The molecule has 0 aliphatic heterocycles. The third-order valence-electron chi connectivity index (χ3n) is 2.57. The van der Waals surface area contributed by atoms with E-state index in [1.54, 1.807) is 0 Å². The van der Waals surface area contributed by atoms with Gasteiger partial charge in [-0.3, -0.25) is 0 Å². The number of aliphatic hydroxyl groups is 2. The number of hydrogen-bond acceptors (Lipinski definition) is 3. The number of hydrogen-bond donors (Lipinski definition) is 2. The summed E-state index contributed by atoms with van der Waals surface area (Å²) in [6, 6.07) is 7.40. The summed E-state index contributed by atoms with van der Waals surface area (Å²) in [6.45, 7) is 4.09. The molecule has 1 aromatic rings. The van der Waals surface area contributed by atoms with Crippen molar-refractivity contribution in [2.24, 2.45) is 0 Å². The molecular weight excluding hydrogens is 204 g/mol. The SMILES string of the molecule is CCC(O)COc1ccccc1C(O)CC. The first-order chi connectivity index (χ1) is 7.69. The molecule has 2 unspecified atom stereocenters. The Kier molecular flexibility index (Phi) is 5.29. The Labute approximate surface area is 96.7 Å². The predicted molar refractivity (Wildman–Crippen MR) is 63.5 cm³/mol. The second-order valence-corrected chi connectivity index (χ2v) is 3.83. The van der Waals surface area contributed by atoms with Crippen molar-refractivity contribution in [3.05, 3.63) is 29.8 Å². The monoisotopic (exact) mass is 224 g/mol. The summed E-state index contributed by atoms with van der Waals surface area (Å²) in [4.78, 5) is 0. The van der Waals surface area contributed by atoms with E-state index in [4.69, 9.17) is 4.74 Å². The van der Waals surface area contributed by atoms with E-state index in [1.165, 1.54) is 0 Å². The third-order valence-corrected chi connectivity index (χ3v) is 2.57. The molecule has 16 heavy (non-hydrogen) atoms. The molecule has 3 heteroatoms. The first-order valence-electron chi connectivity index (χ1n) is 5.76. The highest BCUT2D eigenvalue weighted by atomic mass is 16.5. The summed E-state index contributed by atoms with van der Waals surface area (Å²) in [6.07, 6.45) is 0.358. The van der Waals surface area contributed by atoms with Gasteiger partial charge in [0.1, 0.15) is 12.4 Å². The summed E-state index contributed by atoms with van der Waals surface area (Å²) < 4.78 is 5.50. The molecule has 0 spiro atoms. The van der Waals surface area contributed by atoms with Crippen LogP contribution in [-0.4, -0.2) is 22.9 Å². The van der Waals surface area contributed by atoms with Crippen molar-refractivity contribution in [1.82, 2.24) is 0 Å². The fraction of sp³-hybridized carbons (Fsp3) is 0.538. The molecule has 0 aliphatic rings. The average Bonchev–Trinajstić information content (AvgIpc) is 2.35. The highest BCUT2D eigenvalue weighted by Gasteiger charge is 2.11. The van der Waals surface area contributed by atoms with Crippen molar-refractivity contribution < 1.29 is 14.9 Å². The van der Waals surface area contributed by atoms with Gasteiger partial charge in [0.25, 0.3) is 0 Å². The number of benzene rings is 1. The lowest BCUT2D eigenvalue weighted by Crippen LogP contribution is -2.17. The van der Waals surface area contributed by atoms with Crippen molar-refractivity contribution in [2.45, 2.75) is 38.9 Å². The molecule has 0 radical (unpaired) electrons. The Bertz CT molecular complexity index is 312. The maximum atomic E-state index is 9.79. The minimum absolute atomic E-state index is 0.268. The van der Waals surface area contributed by atoms with E-state index in [0.717, 1.165) is 5.56 Å². The van der Waals surface area contributed by atoms with Crippen LogP contribution in [0.2, 0.25) is 0 Å². The number of aliphatic hydroxyl groups excluding tert-OH is 2. The number of para-hydroxylation sites is 1. The van der Waals surface area contributed by atoms with Gasteiger partial charge >= 0.3 is 0 Å². The first kappa shape index (κ1) is 13.0. The maximum Gasteiger partial charge on any atom is 0.125 e. The molecule has 1 rings (SSSR count). The molecule has 0 aliphatic carbocycles. The van der Waals surface area contributed by atoms with Crippen LogP contribution >= 0.6 is 0 Å². The van der Waals surface area contributed by atoms with Crippen LogP contribution in [0.1, 0.15) is 38.4 Å². The van der Waals surface area contributed by atoms with E-state index < -0.39 is 12.2 Å². The van der Waals surface area contributed by atoms with Crippen LogP contribution in [0.3, 0.4) is 0 Å². The van der Waals surface area contributed by atoms with E-state index in [9.17, 15) is 10.2 Å². The van der Waals surface area contributed by atoms with Crippen molar-refractivity contribution in [1.29, 1.82) is 0 Å². The van der Waals surface area contributed by atoms with Gasteiger partial charge in [-0.1, -0.05) is 32.0 Å². The molecular formula is C13H20O3. The second kappa shape index (κ2) is 6.51. The van der Waals surface area contributed by atoms with Crippen LogP contribution in [-0.2, 0) is 0 Å². The van der Waals surface area contributed by atoms with E-state index in [2.05, 4.69) is 0 Å². The van der Waals surface area contributed by atoms with Gasteiger partial charge in [-0.2, -0.15) is 0 Å². The summed E-state index contributed by atoms with van der Waals surface area (Å²) >= 11 is 0. The van der Waals surface area contributed by atoms with E-state index in [1.807, 2.05) is 38.1 Å². The molecule has 1 aromatic carbocycles. The zero-order chi connectivity index (χ0) is 12.0. The Morgan fingerprint density at radius 1 is 1.12 bits per heavy atom. The van der Waals surface area contributed by atoms with Gasteiger partial charge < -0.3 is 14.9 Å². The fourth-order valence-corrected chi connectivity index (χ4v) is 1.41. The van der Waals surface area contributed by atoms with Gasteiger partial charge in [-0.05, 0) is 18.9 Å². The Balaban J connectivity index is 2.71. The second-order valence-electron chi connectivity index (χ2n) is 3.83. The number of rotatable bonds is 6. The van der Waals surface area contributed by atoms with Gasteiger partial charge in [0.15, 0.2) is 0 Å². The highest BCUT2D eigenvalue weighted by Crippen LogP contribution is 2.26. The molecule has 3 nitrogen and oxygen atoms in total. The fourth-order valence-electron chi connectivity index (χ4n) is 1.41. The predicted octanol–water partition coefficient (Wildman–Crippen LogP) is 2.28.